The summed E-state index contributed by atoms with van der Waals surface area (Å²) in [5.74, 6) is 0.766. The number of allylic oxidation sites excluding steroid dienone is 1. The van der Waals surface area contributed by atoms with Crippen LogP contribution in [0.4, 0.5) is 5.69 Å². The quantitative estimate of drug-likeness (QED) is 0.370. The number of hydrogen-bond donors (Lipinski definition) is 1. The molecule has 1 saturated heterocycles. The number of anilines is 1. The van der Waals surface area contributed by atoms with Crippen molar-refractivity contribution < 1.29 is 32.2 Å². The average Bonchev–Trinajstić information content (AvgIpc) is 3.52. The Morgan fingerprint density at radius 3 is 2.75 bits per heavy atom. The number of carbonyl (C=O) groups excluding carboxylic acids is 1. The zero-order valence-electron chi connectivity index (χ0n) is 27.7. The molecule has 48 heavy (non-hydrogen) atoms. The molecular weight excluding hydrogens is 652 g/mol. The Labute approximate surface area is 289 Å². The fourth-order valence-corrected chi connectivity index (χ4v) is 9.97. The maximum Gasteiger partial charge on any atom is 0.264 e. The molecule has 0 aromatic heterocycles. The average molecular weight is 699 g/mol. The van der Waals surface area contributed by atoms with E-state index in [0.29, 0.717) is 75.3 Å². The van der Waals surface area contributed by atoms with Crippen LogP contribution in [0.1, 0.15) is 79.8 Å². The van der Waals surface area contributed by atoms with Crippen LogP contribution in [-0.4, -0.2) is 71.5 Å². The number of rotatable bonds is 5. The number of aryl methyl sites for hydroxylation is 1. The van der Waals surface area contributed by atoms with Gasteiger partial charge < -0.3 is 23.8 Å². The molecule has 1 saturated carbocycles. The van der Waals surface area contributed by atoms with Crippen LogP contribution < -0.4 is 14.4 Å². The highest BCUT2D eigenvalue weighted by molar-refractivity contribution is 7.90. The molecule has 2 bridgehead atoms. The second kappa shape index (κ2) is 14.3. The van der Waals surface area contributed by atoms with Gasteiger partial charge in [-0.3, -0.25) is 4.79 Å². The zero-order valence-corrected chi connectivity index (χ0v) is 29.3. The minimum atomic E-state index is -3.89. The molecular formula is C37H47ClN2O7S. The summed E-state index contributed by atoms with van der Waals surface area (Å²) in [4.78, 5) is 15.9. The van der Waals surface area contributed by atoms with Gasteiger partial charge in [0.05, 0.1) is 43.5 Å². The van der Waals surface area contributed by atoms with E-state index in [9.17, 15) is 13.2 Å². The number of amides is 1. The molecule has 0 unspecified atom stereocenters. The number of hydrogen-bond acceptors (Lipinski definition) is 8. The van der Waals surface area contributed by atoms with Gasteiger partial charge >= 0.3 is 0 Å². The molecule has 11 heteroatoms. The largest absolute Gasteiger partial charge is 0.490 e. The van der Waals surface area contributed by atoms with E-state index in [1.165, 1.54) is 11.1 Å². The Morgan fingerprint density at radius 2 is 1.96 bits per heavy atom. The predicted molar refractivity (Wildman–Crippen MR) is 185 cm³/mol. The Bertz CT molecular complexity index is 1630. The Balaban J connectivity index is 1.24. The third-order valence-electron chi connectivity index (χ3n) is 11.1. The number of ether oxygens (including phenoxy) is 4. The molecule has 7 rings (SSSR count). The maximum absolute atomic E-state index is 13.5. The normalized spacial score (nSPS) is 31.1. The highest BCUT2D eigenvalue weighted by Gasteiger charge is 2.44. The summed E-state index contributed by atoms with van der Waals surface area (Å²) in [5, 5.41) is 0.0545. The van der Waals surface area contributed by atoms with E-state index in [-0.39, 0.29) is 17.8 Å². The maximum atomic E-state index is 13.5. The molecule has 0 radical (unpaired) electrons. The van der Waals surface area contributed by atoms with Gasteiger partial charge in [0.1, 0.15) is 5.75 Å². The predicted octanol–water partition coefficient (Wildman–Crippen LogP) is 6.18. The van der Waals surface area contributed by atoms with Gasteiger partial charge in [0.2, 0.25) is 10.0 Å². The van der Waals surface area contributed by atoms with Crippen molar-refractivity contribution in [2.24, 2.45) is 11.8 Å². The van der Waals surface area contributed by atoms with E-state index in [1.54, 1.807) is 6.07 Å². The van der Waals surface area contributed by atoms with Crippen LogP contribution in [0.15, 0.2) is 48.6 Å². The zero-order chi connectivity index (χ0) is 33.3. The van der Waals surface area contributed by atoms with Gasteiger partial charge in [-0.25, -0.2) is 13.1 Å². The smallest absolute Gasteiger partial charge is 0.264 e. The molecule has 1 spiro atoms. The lowest BCUT2D eigenvalue weighted by Crippen LogP contribution is -2.49. The van der Waals surface area contributed by atoms with Crippen LogP contribution in [0.25, 0.3) is 0 Å². The number of nitrogens with one attached hydrogen (secondary N) is 1. The molecule has 1 amide bonds. The molecule has 3 heterocycles. The molecule has 3 aliphatic heterocycles. The summed E-state index contributed by atoms with van der Waals surface area (Å²) >= 11 is 6.45. The minimum absolute atomic E-state index is 0.102. The standard InChI is InChI=1S/C37H47ClN2O7S/c1-2-29-7-3-4-8-33(44-17-15-35-45-18-19-46-35)30-12-9-27(30)22-40-23-37(16-5-6-25-20-28(38)11-13-31(25)37)24-47-34-14-10-26(21-32(34)40)36(41)39-48(29,42)43/h4,8,10-11,13-14,20-21,27,29-30,33,35H,2-3,5-7,9,12,15-19,22-24H2,1H3,(H,39,41)/b8-4-/t27-,29+,30+,33-,37-/m0/s1. The number of nitrogens with zero attached hydrogens (tertiary/aromatic N) is 1. The Morgan fingerprint density at radius 1 is 1.10 bits per heavy atom. The lowest BCUT2D eigenvalue weighted by atomic mass is 9.68. The van der Waals surface area contributed by atoms with Crippen molar-refractivity contribution >= 4 is 33.2 Å². The SMILES string of the molecule is CC[C@@H]1CC/C=C\[C@H](OCCC2OCCO2)[C@@H]2CC[C@H]2CN2C[C@@]3(CCCc4cc(Cl)ccc43)COc3ccc(cc32)C(=O)NS1(=O)=O. The number of carbonyl (C=O) groups is 1. The van der Waals surface area contributed by atoms with E-state index in [2.05, 4.69) is 33.9 Å². The van der Waals surface area contributed by atoms with Gasteiger partial charge in [0, 0.05) is 35.5 Å². The first-order chi connectivity index (χ1) is 23.2. The third-order valence-corrected chi connectivity index (χ3v) is 13.3. The molecule has 2 fully saturated rings. The van der Waals surface area contributed by atoms with Crippen molar-refractivity contribution in [3.63, 3.8) is 0 Å². The van der Waals surface area contributed by atoms with Crippen molar-refractivity contribution in [2.45, 2.75) is 87.8 Å². The van der Waals surface area contributed by atoms with Crippen LogP contribution in [0.2, 0.25) is 5.02 Å². The van der Waals surface area contributed by atoms with Crippen LogP contribution in [0.5, 0.6) is 5.75 Å². The van der Waals surface area contributed by atoms with Crippen molar-refractivity contribution in [1.29, 1.82) is 0 Å². The highest BCUT2D eigenvalue weighted by Crippen LogP contribution is 2.47. The highest BCUT2D eigenvalue weighted by atomic mass is 35.5. The summed E-state index contributed by atoms with van der Waals surface area (Å²) in [6.45, 7) is 5.60. The van der Waals surface area contributed by atoms with Gasteiger partial charge in [-0.2, -0.15) is 0 Å². The van der Waals surface area contributed by atoms with Gasteiger partial charge in [-0.15, -0.1) is 0 Å². The number of fused-ring (bicyclic) bond motifs is 4. The Kier molecular flexibility index (Phi) is 10.1. The second-order valence-electron chi connectivity index (χ2n) is 14.1. The van der Waals surface area contributed by atoms with E-state index in [1.807, 2.05) is 25.1 Å². The summed E-state index contributed by atoms with van der Waals surface area (Å²) in [5.41, 5.74) is 3.42. The third kappa shape index (κ3) is 7.01. The minimum Gasteiger partial charge on any atom is -0.490 e. The first-order valence-electron chi connectivity index (χ1n) is 17.6. The summed E-state index contributed by atoms with van der Waals surface area (Å²) in [6.07, 6.45) is 11.1. The topological polar surface area (TPSA) is 103 Å². The summed E-state index contributed by atoms with van der Waals surface area (Å²) < 4.78 is 53.7. The fraction of sp³-hybridized carbons (Fsp3) is 0.595. The van der Waals surface area contributed by atoms with E-state index < -0.39 is 21.2 Å². The van der Waals surface area contributed by atoms with E-state index >= 15 is 0 Å². The molecule has 2 aromatic carbocycles. The van der Waals surface area contributed by atoms with Crippen molar-refractivity contribution in [2.75, 3.05) is 44.4 Å². The molecule has 260 valence electrons. The van der Waals surface area contributed by atoms with Crippen molar-refractivity contribution in [3.05, 3.63) is 70.3 Å². The van der Waals surface area contributed by atoms with Gasteiger partial charge in [0.15, 0.2) is 6.29 Å². The molecule has 5 atom stereocenters. The number of sulfonamides is 1. The second-order valence-corrected chi connectivity index (χ2v) is 16.5. The van der Waals surface area contributed by atoms with Crippen molar-refractivity contribution in [1.82, 2.24) is 4.72 Å². The first-order valence-corrected chi connectivity index (χ1v) is 19.6. The molecule has 2 aromatic rings. The van der Waals surface area contributed by atoms with Gasteiger partial charge in [-0.05, 0) is 105 Å². The lowest BCUT2D eigenvalue weighted by Gasteiger charge is -2.46. The van der Waals surface area contributed by atoms with Crippen molar-refractivity contribution in [3.8, 4) is 5.75 Å². The summed E-state index contributed by atoms with van der Waals surface area (Å²) in [7, 11) is -3.89. The van der Waals surface area contributed by atoms with E-state index in [0.717, 1.165) is 55.9 Å². The van der Waals surface area contributed by atoms with Crippen LogP contribution >= 0.6 is 11.6 Å². The van der Waals surface area contributed by atoms with Crippen LogP contribution in [-0.2, 0) is 36.1 Å². The van der Waals surface area contributed by atoms with E-state index in [4.69, 9.17) is 30.5 Å². The first kappa shape index (κ1) is 33.8. The van der Waals surface area contributed by atoms with Crippen LogP contribution in [0.3, 0.4) is 0 Å². The fourth-order valence-electron chi connectivity index (χ4n) is 8.35. The Hall–Kier alpha value is -2.63. The van der Waals surface area contributed by atoms with Gasteiger partial charge in [-0.1, -0.05) is 36.7 Å². The molecule has 1 N–H and O–H groups in total. The monoisotopic (exact) mass is 698 g/mol. The number of halogens is 1. The van der Waals surface area contributed by atoms with Crippen LogP contribution in [0, 0.1) is 11.8 Å². The lowest BCUT2D eigenvalue weighted by molar-refractivity contribution is -0.0789. The molecule has 9 nitrogen and oxygen atoms in total. The number of benzene rings is 2. The molecule has 2 aliphatic carbocycles. The summed E-state index contributed by atoms with van der Waals surface area (Å²) in [6, 6.07) is 11.6. The van der Waals surface area contributed by atoms with Gasteiger partial charge in [0.25, 0.3) is 5.91 Å². The molecule has 5 aliphatic rings.